The first-order valence-electron chi connectivity index (χ1n) is 7.84. The Bertz CT molecular complexity index is 539. The molecule has 6 nitrogen and oxygen atoms in total. The van der Waals surface area contributed by atoms with Crippen molar-refractivity contribution in [2.75, 3.05) is 11.9 Å². The van der Waals surface area contributed by atoms with Gasteiger partial charge in [0.1, 0.15) is 11.4 Å². The fourth-order valence-electron chi connectivity index (χ4n) is 2.68. The van der Waals surface area contributed by atoms with Gasteiger partial charge < -0.3 is 10.1 Å². The first-order valence-corrected chi connectivity index (χ1v) is 7.84. The van der Waals surface area contributed by atoms with E-state index in [2.05, 4.69) is 5.32 Å². The van der Waals surface area contributed by atoms with Crippen LogP contribution in [0.4, 0.5) is 11.4 Å². The van der Waals surface area contributed by atoms with Crippen LogP contribution in [0, 0.1) is 16.0 Å². The van der Waals surface area contributed by atoms with E-state index < -0.39 is 4.92 Å². The van der Waals surface area contributed by atoms with E-state index in [9.17, 15) is 14.9 Å². The molecule has 0 bridgehead atoms. The number of amides is 1. The largest absolute Gasteiger partial charge is 0.493 e. The van der Waals surface area contributed by atoms with Crippen LogP contribution < -0.4 is 10.1 Å². The van der Waals surface area contributed by atoms with Crippen LogP contribution >= 0.6 is 0 Å². The monoisotopic (exact) mass is 306 g/mol. The van der Waals surface area contributed by atoms with E-state index >= 15 is 0 Å². The van der Waals surface area contributed by atoms with Gasteiger partial charge in [0.25, 0.3) is 5.69 Å². The topological polar surface area (TPSA) is 81.5 Å². The summed E-state index contributed by atoms with van der Waals surface area (Å²) in [6.07, 6.45) is 5.80. The zero-order chi connectivity index (χ0) is 15.9. The molecule has 1 aliphatic carbocycles. The summed E-state index contributed by atoms with van der Waals surface area (Å²) >= 11 is 0. The lowest BCUT2D eigenvalue weighted by Crippen LogP contribution is -2.25. The van der Waals surface area contributed by atoms with Gasteiger partial charge >= 0.3 is 0 Å². The fraction of sp³-hybridized carbons (Fsp3) is 0.562. The van der Waals surface area contributed by atoms with Gasteiger partial charge in [0.2, 0.25) is 5.91 Å². The highest BCUT2D eigenvalue weighted by Crippen LogP contribution is 2.31. The summed E-state index contributed by atoms with van der Waals surface area (Å²) in [5, 5.41) is 13.9. The zero-order valence-electron chi connectivity index (χ0n) is 12.8. The molecule has 120 valence electrons. The maximum atomic E-state index is 12.2. The highest BCUT2D eigenvalue weighted by Gasteiger charge is 2.24. The van der Waals surface area contributed by atoms with Crippen molar-refractivity contribution in [3.05, 3.63) is 28.3 Å². The normalized spacial score (nSPS) is 15.3. The molecular formula is C16H22N2O4. The van der Waals surface area contributed by atoms with Crippen LogP contribution in [0.3, 0.4) is 0 Å². The van der Waals surface area contributed by atoms with Crippen molar-refractivity contribution in [1.29, 1.82) is 0 Å². The predicted octanol–water partition coefficient (Wildman–Crippen LogP) is 3.90. The molecule has 0 atom stereocenters. The predicted molar refractivity (Wildman–Crippen MR) is 84.1 cm³/mol. The van der Waals surface area contributed by atoms with Gasteiger partial charge in [-0.3, -0.25) is 14.9 Å². The highest BCUT2D eigenvalue weighted by atomic mass is 16.6. The van der Waals surface area contributed by atoms with Gasteiger partial charge in [0.15, 0.2) is 0 Å². The lowest BCUT2D eigenvalue weighted by atomic mass is 9.88. The number of nitrogens with zero attached hydrogens (tertiary/aromatic N) is 1. The Morgan fingerprint density at radius 3 is 2.73 bits per heavy atom. The second kappa shape index (κ2) is 7.77. The molecule has 0 aromatic heterocycles. The van der Waals surface area contributed by atoms with Gasteiger partial charge in [-0.05, 0) is 31.4 Å². The van der Waals surface area contributed by atoms with Crippen molar-refractivity contribution < 1.29 is 14.5 Å². The van der Waals surface area contributed by atoms with E-state index in [-0.39, 0.29) is 23.2 Å². The lowest BCUT2D eigenvalue weighted by Gasteiger charge is -2.20. The standard InChI is InChI=1S/C16H22N2O4/c1-2-10-22-13-8-9-14(15(11-13)18(20)21)17-16(19)12-6-4-3-5-7-12/h8-9,11-12H,2-7,10H2,1H3,(H,17,19). The number of nitrogens with one attached hydrogen (secondary N) is 1. The molecule has 1 aliphatic rings. The summed E-state index contributed by atoms with van der Waals surface area (Å²) in [7, 11) is 0. The third-order valence-corrected chi connectivity index (χ3v) is 3.87. The van der Waals surface area contributed by atoms with Crippen LogP contribution in [0.2, 0.25) is 0 Å². The molecule has 0 heterocycles. The Kier molecular flexibility index (Phi) is 5.75. The third-order valence-electron chi connectivity index (χ3n) is 3.87. The number of hydrogen-bond donors (Lipinski definition) is 1. The maximum absolute atomic E-state index is 12.2. The van der Waals surface area contributed by atoms with Crippen LogP contribution in [-0.4, -0.2) is 17.4 Å². The first-order chi connectivity index (χ1) is 10.6. The lowest BCUT2D eigenvalue weighted by molar-refractivity contribution is -0.384. The number of ether oxygens (including phenoxy) is 1. The molecule has 0 aliphatic heterocycles. The average Bonchev–Trinajstić information content (AvgIpc) is 2.54. The third kappa shape index (κ3) is 4.19. The van der Waals surface area contributed by atoms with Crippen LogP contribution in [0.25, 0.3) is 0 Å². The Morgan fingerprint density at radius 1 is 1.36 bits per heavy atom. The van der Waals surface area contributed by atoms with Crippen molar-refractivity contribution in [3.8, 4) is 5.75 Å². The van der Waals surface area contributed by atoms with E-state index in [0.29, 0.717) is 12.4 Å². The Labute approximate surface area is 130 Å². The van der Waals surface area contributed by atoms with Crippen LogP contribution in [0.1, 0.15) is 45.4 Å². The number of carbonyl (C=O) groups excluding carboxylic acids is 1. The molecule has 1 N–H and O–H groups in total. The van der Waals surface area contributed by atoms with Crippen molar-refractivity contribution in [2.45, 2.75) is 45.4 Å². The quantitative estimate of drug-likeness (QED) is 0.638. The number of anilines is 1. The molecule has 6 heteroatoms. The number of hydrogen-bond acceptors (Lipinski definition) is 4. The number of benzene rings is 1. The van der Waals surface area contributed by atoms with Gasteiger partial charge in [-0.2, -0.15) is 0 Å². The molecule has 1 aromatic carbocycles. The highest BCUT2D eigenvalue weighted by molar-refractivity contribution is 5.94. The molecule has 1 aromatic rings. The summed E-state index contributed by atoms with van der Waals surface area (Å²) in [6, 6.07) is 4.56. The molecule has 1 amide bonds. The maximum Gasteiger partial charge on any atom is 0.296 e. The van der Waals surface area contributed by atoms with Crippen LogP contribution in [-0.2, 0) is 4.79 Å². The second-order valence-corrected chi connectivity index (χ2v) is 5.61. The van der Waals surface area contributed by atoms with Crippen molar-refractivity contribution >= 4 is 17.3 Å². The molecule has 0 radical (unpaired) electrons. The Balaban J connectivity index is 2.11. The van der Waals surface area contributed by atoms with Crippen LogP contribution in [0.15, 0.2) is 18.2 Å². The Hall–Kier alpha value is -2.11. The summed E-state index contributed by atoms with van der Waals surface area (Å²) in [5.41, 5.74) is 0.113. The molecule has 0 saturated heterocycles. The SMILES string of the molecule is CCCOc1ccc(NC(=O)C2CCCCC2)c([N+](=O)[O-])c1. The first kappa shape index (κ1) is 16.3. The van der Waals surface area contributed by atoms with Gasteiger partial charge in [-0.15, -0.1) is 0 Å². The van der Waals surface area contributed by atoms with Gasteiger partial charge in [0.05, 0.1) is 17.6 Å². The minimum absolute atomic E-state index is 0.0376. The summed E-state index contributed by atoms with van der Waals surface area (Å²) in [5.74, 6) is 0.290. The zero-order valence-corrected chi connectivity index (χ0v) is 12.8. The van der Waals surface area contributed by atoms with Gasteiger partial charge in [-0.1, -0.05) is 26.2 Å². The van der Waals surface area contributed by atoms with Crippen molar-refractivity contribution in [3.63, 3.8) is 0 Å². The minimum Gasteiger partial charge on any atom is -0.493 e. The molecule has 1 saturated carbocycles. The van der Waals surface area contributed by atoms with E-state index in [1.54, 1.807) is 12.1 Å². The van der Waals surface area contributed by atoms with Gasteiger partial charge in [-0.25, -0.2) is 0 Å². The molecule has 0 spiro atoms. The molecule has 1 fully saturated rings. The molecule has 22 heavy (non-hydrogen) atoms. The van der Waals surface area contributed by atoms with Crippen molar-refractivity contribution in [1.82, 2.24) is 0 Å². The summed E-state index contributed by atoms with van der Waals surface area (Å²) < 4.78 is 5.41. The molecule has 2 rings (SSSR count). The Morgan fingerprint density at radius 2 is 2.09 bits per heavy atom. The number of nitro benzene ring substituents is 1. The van der Waals surface area contributed by atoms with Gasteiger partial charge in [0, 0.05) is 5.92 Å². The smallest absolute Gasteiger partial charge is 0.296 e. The van der Waals surface area contributed by atoms with E-state index in [0.717, 1.165) is 38.5 Å². The number of rotatable bonds is 6. The summed E-state index contributed by atoms with van der Waals surface area (Å²) in [4.78, 5) is 22.9. The molecule has 0 unspecified atom stereocenters. The van der Waals surface area contributed by atoms with E-state index in [4.69, 9.17) is 4.74 Å². The number of carbonyl (C=O) groups is 1. The van der Waals surface area contributed by atoms with Crippen LogP contribution in [0.5, 0.6) is 5.75 Å². The van der Waals surface area contributed by atoms with E-state index in [1.807, 2.05) is 6.92 Å². The summed E-state index contributed by atoms with van der Waals surface area (Å²) in [6.45, 7) is 2.47. The van der Waals surface area contributed by atoms with E-state index in [1.165, 1.54) is 6.07 Å². The van der Waals surface area contributed by atoms with Crippen molar-refractivity contribution in [2.24, 2.45) is 5.92 Å². The fourth-order valence-corrected chi connectivity index (χ4v) is 2.68. The molecular weight excluding hydrogens is 284 g/mol. The second-order valence-electron chi connectivity index (χ2n) is 5.61. The average molecular weight is 306 g/mol. The number of nitro groups is 1. The minimum atomic E-state index is -0.491.